The minimum atomic E-state index is -0.331. The second-order valence-corrected chi connectivity index (χ2v) is 3.99. The van der Waals surface area contributed by atoms with Crippen LogP contribution in [0.25, 0.3) is 0 Å². The Kier molecular flexibility index (Phi) is 5.58. The quantitative estimate of drug-likeness (QED) is 0.802. The minimum absolute atomic E-state index is 0.0714. The zero-order valence-electron chi connectivity index (χ0n) is 10.9. The van der Waals surface area contributed by atoms with Crippen LogP contribution in [0.15, 0.2) is 18.2 Å². The van der Waals surface area contributed by atoms with E-state index in [1.807, 2.05) is 24.8 Å². The Morgan fingerprint density at radius 1 is 1.39 bits per heavy atom. The number of benzene rings is 1. The maximum Gasteiger partial charge on any atom is 0.239 e. The van der Waals surface area contributed by atoms with Gasteiger partial charge in [-0.2, -0.15) is 0 Å². The van der Waals surface area contributed by atoms with Gasteiger partial charge in [-0.05, 0) is 37.6 Å². The van der Waals surface area contributed by atoms with Crippen molar-refractivity contribution in [1.29, 1.82) is 0 Å². The molecule has 0 saturated carbocycles. The van der Waals surface area contributed by atoms with Gasteiger partial charge in [-0.3, -0.25) is 4.79 Å². The van der Waals surface area contributed by atoms with Crippen LogP contribution in [0.5, 0.6) is 0 Å². The second kappa shape index (κ2) is 6.96. The molecule has 1 amide bonds. The van der Waals surface area contributed by atoms with Crippen molar-refractivity contribution in [1.82, 2.24) is 5.32 Å². The van der Waals surface area contributed by atoms with E-state index >= 15 is 0 Å². The maximum absolute atomic E-state index is 13.4. The lowest BCUT2D eigenvalue weighted by Crippen LogP contribution is -2.37. The van der Waals surface area contributed by atoms with E-state index in [0.717, 1.165) is 5.56 Å². The lowest BCUT2D eigenvalue weighted by molar-refractivity contribution is -0.119. The van der Waals surface area contributed by atoms with Crippen molar-refractivity contribution in [2.24, 2.45) is 5.73 Å². The minimum Gasteiger partial charge on any atom is -0.362 e. The number of carbonyl (C=O) groups excluding carboxylic acids is 1. The van der Waals surface area contributed by atoms with Crippen LogP contribution in [-0.4, -0.2) is 25.5 Å². The van der Waals surface area contributed by atoms with E-state index in [-0.39, 0.29) is 24.8 Å². The summed E-state index contributed by atoms with van der Waals surface area (Å²) in [4.78, 5) is 13.4. The monoisotopic (exact) mass is 253 g/mol. The third-order valence-electron chi connectivity index (χ3n) is 2.63. The second-order valence-electron chi connectivity index (χ2n) is 3.99. The molecular formula is C13H20FN3O. The maximum atomic E-state index is 13.4. The Bertz CT molecular complexity index is 409. The highest BCUT2D eigenvalue weighted by Gasteiger charge is 2.11. The molecule has 0 saturated heterocycles. The molecule has 0 atom stereocenters. The highest BCUT2D eigenvalue weighted by atomic mass is 19.1. The summed E-state index contributed by atoms with van der Waals surface area (Å²) in [5.74, 6) is -0.403. The third kappa shape index (κ3) is 4.00. The molecule has 0 unspecified atom stereocenters. The molecule has 1 aromatic rings. The molecule has 0 aliphatic rings. The molecule has 0 fully saturated rings. The lowest BCUT2D eigenvalue weighted by atomic mass is 10.1. The van der Waals surface area contributed by atoms with Crippen LogP contribution in [0.1, 0.15) is 19.4 Å². The van der Waals surface area contributed by atoms with Gasteiger partial charge in [0.05, 0.1) is 6.54 Å². The van der Waals surface area contributed by atoms with Crippen LogP contribution in [0, 0.1) is 5.82 Å². The van der Waals surface area contributed by atoms with Crippen LogP contribution < -0.4 is 16.0 Å². The standard InChI is InChI=1S/C13H20FN3O/c1-3-16-13(18)9-17(4-2)12-6-10(8-15)5-11(14)7-12/h5-7H,3-4,8-9,15H2,1-2H3,(H,16,18). The predicted molar refractivity (Wildman–Crippen MR) is 70.9 cm³/mol. The zero-order chi connectivity index (χ0) is 13.5. The molecule has 18 heavy (non-hydrogen) atoms. The van der Waals surface area contributed by atoms with Gasteiger partial charge >= 0.3 is 0 Å². The summed E-state index contributed by atoms with van der Waals surface area (Å²) in [5.41, 5.74) is 6.92. The fraction of sp³-hybridized carbons (Fsp3) is 0.462. The van der Waals surface area contributed by atoms with Gasteiger partial charge in [-0.15, -0.1) is 0 Å². The van der Waals surface area contributed by atoms with Crippen molar-refractivity contribution in [3.63, 3.8) is 0 Å². The van der Waals surface area contributed by atoms with Crippen LogP contribution in [0.3, 0.4) is 0 Å². The molecule has 5 heteroatoms. The summed E-state index contributed by atoms with van der Waals surface area (Å²) >= 11 is 0. The smallest absolute Gasteiger partial charge is 0.239 e. The van der Waals surface area contributed by atoms with E-state index in [1.165, 1.54) is 12.1 Å². The van der Waals surface area contributed by atoms with Gasteiger partial charge in [0.25, 0.3) is 0 Å². The number of anilines is 1. The number of nitrogens with one attached hydrogen (secondary N) is 1. The highest BCUT2D eigenvalue weighted by Crippen LogP contribution is 2.18. The molecule has 0 bridgehead atoms. The van der Waals surface area contributed by atoms with Gasteiger partial charge in [0, 0.05) is 25.3 Å². The van der Waals surface area contributed by atoms with E-state index in [0.29, 0.717) is 18.8 Å². The summed E-state index contributed by atoms with van der Waals surface area (Å²) in [5, 5.41) is 2.72. The fourth-order valence-electron chi connectivity index (χ4n) is 1.75. The Labute approximate surface area is 107 Å². The van der Waals surface area contributed by atoms with Crippen molar-refractivity contribution in [3.8, 4) is 0 Å². The van der Waals surface area contributed by atoms with Gasteiger partial charge in [-0.25, -0.2) is 4.39 Å². The molecule has 1 aromatic carbocycles. The van der Waals surface area contributed by atoms with Gasteiger partial charge in [0.2, 0.25) is 5.91 Å². The molecule has 4 nitrogen and oxygen atoms in total. The largest absolute Gasteiger partial charge is 0.362 e. The first-order chi connectivity index (χ1) is 8.60. The summed E-state index contributed by atoms with van der Waals surface area (Å²) in [6.45, 7) is 5.51. The van der Waals surface area contributed by atoms with E-state index in [4.69, 9.17) is 5.73 Å². The van der Waals surface area contributed by atoms with Gasteiger partial charge in [0.15, 0.2) is 0 Å². The number of hydrogen-bond acceptors (Lipinski definition) is 3. The van der Waals surface area contributed by atoms with Gasteiger partial charge in [0.1, 0.15) is 5.82 Å². The number of rotatable bonds is 6. The molecule has 0 aliphatic carbocycles. The Morgan fingerprint density at radius 2 is 2.11 bits per heavy atom. The number of likely N-dealkylation sites (N-methyl/N-ethyl adjacent to an activating group) is 2. The molecule has 0 aromatic heterocycles. The first-order valence-electron chi connectivity index (χ1n) is 6.11. The third-order valence-corrected chi connectivity index (χ3v) is 2.63. The van der Waals surface area contributed by atoms with Crippen molar-refractivity contribution in [3.05, 3.63) is 29.6 Å². The first-order valence-corrected chi connectivity index (χ1v) is 6.11. The van der Waals surface area contributed by atoms with Crippen LogP contribution in [0.2, 0.25) is 0 Å². The topological polar surface area (TPSA) is 58.4 Å². The van der Waals surface area contributed by atoms with E-state index < -0.39 is 0 Å². The van der Waals surface area contributed by atoms with Gasteiger partial charge in [-0.1, -0.05) is 0 Å². The van der Waals surface area contributed by atoms with Crippen molar-refractivity contribution in [2.45, 2.75) is 20.4 Å². The summed E-state index contributed by atoms with van der Waals surface area (Å²) in [6, 6.07) is 4.64. The predicted octanol–water partition coefficient (Wildman–Crippen LogP) is 1.25. The van der Waals surface area contributed by atoms with E-state index in [2.05, 4.69) is 5.32 Å². The zero-order valence-corrected chi connectivity index (χ0v) is 10.9. The molecule has 1 rings (SSSR count). The first kappa shape index (κ1) is 14.4. The molecule has 0 aliphatic heterocycles. The van der Waals surface area contributed by atoms with Crippen molar-refractivity contribution < 1.29 is 9.18 Å². The molecule has 0 heterocycles. The average Bonchev–Trinajstić information content (AvgIpc) is 2.35. The van der Waals surface area contributed by atoms with Crippen LogP contribution in [-0.2, 0) is 11.3 Å². The number of amides is 1. The number of nitrogens with two attached hydrogens (primary N) is 1. The number of hydrogen-bond donors (Lipinski definition) is 2. The van der Waals surface area contributed by atoms with E-state index in [1.54, 1.807) is 0 Å². The summed E-state index contributed by atoms with van der Waals surface area (Å²) in [7, 11) is 0. The van der Waals surface area contributed by atoms with E-state index in [9.17, 15) is 9.18 Å². The highest BCUT2D eigenvalue weighted by molar-refractivity contribution is 5.81. The lowest BCUT2D eigenvalue weighted by Gasteiger charge is -2.23. The molecule has 100 valence electrons. The number of halogens is 1. The fourth-order valence-corrected chi connectivity index (χ4v) is 1.75. The summed E-state index contributed by atoms with van der Waals surface area (Å²) in [6.07, 6.45) is 0. The van der Waals surface area contributed by atoms with Gasteiger partial charge < -0.3 is 16.0 Å². The van der Waals surface area contributed by atoms with Crippen molar-refractivity contribution in [2.75, 3.05) is 24.5 Å². The molecule has 0 radical (unpaired) electrons. The average molecular weight is 253 g/mol. The molecule has 3 N–H and O–H groups in total. The van der Waals surface area contributed by atoms with Crippen molar-refractivity contribution >= 4 is 11.6 Å². The summed E-state index contributed by atoms with van der Waals surface area (Å²) < 4.78 is 13.4. The van der Waals surface area contributed by atoms with Crippen LogP contribution in [0.4, 0.5) is 10.1 Å². The Hall–Kier alpha value is -1.62. The molecule has 0 spiro atoms. The number of nitrogens with zero attached hydrogens (tertiary/aromatic N) is 1. The molecular weight excluding hydrogens is 233 g/mol. The Morgan fingerprint density at radius 3 is 2.67 bits per heavy atom. The normalized spacial score (nSPS) is 10.2. The SMILES string of the molecule is CCNC(=O)CN(CC)c1cc(F)cc(CN)c1. The van der Waals surface area contributed by atoms with Crippen LogP contribution >= 0.6 is 0 Å². The number of carbonyl (C=O) groups is 1. The Balaban J connectivity index is 2.87.